The lowest BCUT2D eigenvalue weighted by Crippen LogP contribution is -2.38. The van der Waals surface area contributed by atoms with Gasteiger partial charge in [0.1, 0.15) is 6.61 Å². The van der Waals surface area contributed by atoms with E-state index in [0.717, 1.165) is 25.7 Å². The van der Waals surface area contributed by atoms with Crippen LogP contribution in [0, 0.1) is 0 Å². The van der Waals surface area contributed by atoms with Gasteiger partial charge in [0.05, 0.1) is 6.54 Å². The molecule has 6 nitrogen and oxygen atoms in total. The van der Waals surface area contributed by atoms with Crippen molar-refractivity contribution in [3.05, 3.63) is 29.3 Å². The van der Waals surface area contributed by atoms with E-state index in [2.05, 4.69) is 16.0 Å². The lowest BCUT2D eigenvalue weighted by molar-refractivity contribution is 0.161. The molecule has 134 valence electrons. The minimum Gasteiger partial charge on any atom is -0.447 e. The van der Waals surface area contributed by atoms with E-state index in [4.69, 9.17) is 27.9 Å². The van der Waals surface area contributed by atoms with E-state index in [9.17, 15) is 9.59 Å². The molecule has 1 rings (SSSR count). The number of amides is 3. The van der Waals surface area contributed by atoms with Crippen LogP contribution in [0.2, 0.25) is 5.02 Å². The van der Waals surface area contributed by atoms with Gasteiger partial charge in [0, 0.05) is 23.1 Å². The average molecular weight is 376 g/mol. The number of urea groups is 1. The van der Waals surface area contributed by atoms with Gasteiger partial charge in [-0.15, -0.1) is 11.6 Å². The van der Waals surface area contributed by atoms with Crippen LogP contribution in [0.5, 0.6) is 0 Å². The summed E-state index contributed by atoms with van der Waals surface area (Å²) < 4.78 is 4.96. The van der Waals surface area contributed by atoms with Crippen molar-refractivity contribution in [3.8, 4) is 0 Å². The van der Waals surface area contributed by atoms with Gasteiger partial charge in [-0.3, -0.25) is 5.32 Å². The van der Waals surface area contributed by atoms with Gasteiger partial charge >= 0.3 is 12.1 Å². The van der Waals surface area contributed by atoms with E-state index >= 15 is 0 Å². The fourth-order valence-corrected chi connectivity index (χ4v) is 2.25. The molecular formula is C16H23Cl2N3O3. The first-order chi connectivity index (χ1) is 11.6. The van der Waals surface area contributed by atoms with Crippen molar-refractivity contribution in [3.63, 3.8) is 0 Å². The number of rotatable bonds is 10. The Kier molecular flexibility index (Phi) is 10.8. The minimum atomic E-state index is -0.598. The number of ether oxygens (including phenoxy) is 1. The normalized spacial score (nSPS) is 10.1. The Morgan fingerprint density at radius 1 is 1.04 bits per heavy atom. The van der Waals surface area contributed by atoms with Crippen molar-refractivity contribution < 1.29 is 14.3 Å². The van der Waals surface area contributed by atoms with Gasteiger partial charge in [-0.05, 0) is 31.0 Å². The molecule has 0 saturated carbocycles. The number of nitrogens with one attached hydrogen (secondary N) is 3. The molecule has 0 aliphatic carbocycles. The summed E-state index contributed by atoms with van der Waals surface area (Å²) in [6.07, 6.45) is 3.44. The molecule has 0 heterocycles. The molecular weight excluding hydrogens is 353 g/mol. The maximum Gasteiger partial charge on any atom is 0.411 e. The van der Waals surface area contributed by atoms with Crippen molar-refractivity contribution in [2.75, 3.05) is 30.9 Å². The number of benzene rings is 1. The summed E-state index contributed by atoms with van der Waals surface area (Å²) in [6.45, 7) is 0.931. The predicted molar refractivity (Wildman–Crippen MR) is 97.0 cm³/mol. The molecule has 0 fully saturated rings. The molecule has 8 heteroatoms. The Morgan fingerprint density at radius 3 is 2.54 bits per heavy atom. The van der Waals surface area contributed by atoms with Crippen molar-refractivity contribution in [1.29, 1.82) is 0 Å². The van der Waals surface area contributed by atoms with Gasteiger partial charge in [0.2, 0.25) is 0 Å². The molecule has 0 atom stereocenters. The molecule has 24 heavy (non-hydrogen) atoms. The van der Waals surface area contributed by atoms with E-state index in [1.54, 1.807) is 24.3 Å². The summed E-state index contributed by atoms with van der Waals surface area (Å²) in [5.74, 6) is 0.679. The first-order valence-electron chi connectivity index (χ1n) is 7.89. The third-order valence-electron chi connectivity index (χ3n) is 3.04. The minimum absolute atomic E-state index is 0.0789. The summed E-state index contributed by atoms with van der Waals surface area (Å²) in [4.78, 5) is 23.0. The fourth-order valence-electron chi connectivity index (χ4n) is 1.87. The predicted octanol–water partition coefficient (Wildman–Crippen LogP) is 3.99. The van der Waals surface area contributed by atoms with Gasteiger partial charge in [0.25, 0.3) is 0 Å². The molecule has 0 spiro atoms. The second-order valence-corrected chi connectivity index (χ2v) is 5.87. The highest BCUT2D eigenvalue weighted by atomic mass is 35.5. The van der Waals surface area contributed by atoms with Gasteiger partial charge in [0.15, 0.2) is 0 Å². The van der Waals surface area contributed by atoms with Crippen LogP contribution in [0.3, 0.4) is 0 Å². The molecule has 0 aromatic heterocycles. The second-order valence-electron chi connectivity index (χ2n) is 5.06. The lowest BCUT2D eigenvalue weighted by atomic mass is 10.2. The number of carbonyl (C=O) groups is 2. The Morgan fingerprint density at radius 2 is 1.79 bits per heavy atom. The van der Waals surface area contributed by atoms with Crippen molar-refractivity contribution in [2.45, 2.75) is 25.7 Å². The number of unbranched alkanes of at least 4 members (excludes halogenated alkanes) is 3. The molecule has 0 unspecified atom stereocenters. The van der Waals surface area contributed by atoms with Crippen molar-refractivity contribution in [2.24, 2.45) is 0 Å². The molecule has 0 saturated heterocycles. The van der Waals surface area contributed by atoms with Gasteiger partial charge in [-0.2, -0.15) is 0 Å². The fraction of sp³-hybridized carbons (Fsp3) is 0.500. The molecule has 3 N–H and O–H groups in total. The summed E-state index contributed by atoms with van der Waals surface area (Å²) in [7, 11) is 0. The molecule has 0 radical (unpaired) electrons. The summed E-state index contributed by atoms with van der Waals surface area (Å²) in [5.41, 5.74) is 0.548. The number of alkyl halides is 1. The Balaban J connectivity index is 2.02. The molecule has 0 aliphatic heterocycles. The third-order valence-corrected chi connectivity index (χ3v) is 3.54. The number of hydrogen-bond acceptors (Lipinski definition) is 3. The monoisotopic (exact) mass is 375 g/mol. The second kappa shape index (κ2) is 12.7. The van der Waals surface area contributed by atoms with E-state index in [1.165, 1.54) is 0 Å². The molecule has 0 aliphatic rings. The van der Waals surface area contributed by atoms with Crippen LogP contribution in [0.25, 0.3) is 0 Å². The van der Waals surface area contributed by atoms with Crippen molar-refractivity contribution >= 4 is 41.0 Å². The number of halogens is 2. The van der Waals surface area contributed by atoms with Gasteiger partial charge in [-0.25, -0.2) is 9.59 Å². The molecule has 1 aromatic rings. The van der Waals surface area contributed by atoms with E-state index < -0.39 is 6.09 Å². The van der Waals surface area contributed by atoms with E-state index in [1.807, 2.05) is 0 Å². The first kappa shape index (κ1) is 20.4. The van der Waals surface area contributed by atoms with Crippen LogP contribution in [0.4, 0.5) is 15.3 Å². The smallest absolute Gasteiger partial charge is 0.411 e. The Labute approximate surface area is 152 Å². The van der Waals surface area contributed by atoms with Crippen LogP contribution >= 0.6 is 23.2 Å². The summed E-state index contributed by atoms with van der Waals surface area (Å²) >= 11 is 11.4. The number of hydrogen-bond donors (Lipinski definition) is 3. The molecule has 3 amide bonds. The van der Waals surface area contributed by atoms with E-state index in [-0.39, 0.29) is 19.2 Å². The van der Waals surface area contributed by atoms with Gasteiger partial charge in [-0.1, -0.05) is 30.5 Å². The highest BCUT2D eigenvalue weighted by Crippen LogP contribution is 2.14. The Bertz CT molecular complexity index is 515. The number of anilines is 1. The highest BCUT2D eigenvalue weighted by Gasteiger charge is 2.04. The topological polar surface area (TPSA) is 79.5 Å². The zero-order valence-electron chi connectivity index (χ0n) is 13.4. The van der Waals surface area contributed by atoms with Crippen molar-refractivity contribution in [1.82, 2.24) is 10.6 Å². The molecule has 1 aromatic carbocycles. The van der Waals surface area contributed by atoms with Crippen LogP contribution in [-0.4, -0.2) is 37.7 Å². The summed E-state index contributed by atoms with van der Waals surface area (Å²) in [5, 5.41) is 8.42. The van der Waals surface area contributed by atoms with Crippen LogP contribution in [0.1, 0.15) is 25.7 Å². The third kappa shape index (κ3) is 10.2. The maximum atomic E-state index is 11.6. The highest BCUT2D eigenvalue weighted by molar-refractivity contribution is 6.30. The summed E-state index contributed by atoms with van der Waals surface area (Å²) in [6, 6.07) is 6.47. The standard InChI is InChI=1S/C16H23Cl2N3O3/c17-8-3-1-2-4-9-19-15(22)20-10-11-24-16(23)21-14-7-5-6-13(18)12-14/h5-7,12H,1-4,8-11H2,(H,21,23)(H2,19,20,22). The van der Waals surface area contributed by atoms with Crippen LogP contribution in [-0.2, 0) is 4.74 Å². The Hall–Kier alpha value is -1.66. The average Bonchev–Trinajstić information content (AvgIpc) is 2.55. The SMILES string of the molecule is O=C(NCCCCCCCl)NCCOC(=O)Nc1cccc(Cl)c1. The first-order valence-corrected chi connectivity index (χ1v) is 8.80. The molecule has 0 bridgehead atoms. The zero-order chi connectivity index (χ0) is 17.6. The van der Waals surface area contributed by atoms with Crippen LogP contribution < -0.4 is 16.0 Å². The maximum absolute atomic E-state index is 11.6. The van der Waals surface area contributed by atoms with Gasteiger partial charge < -0.3 is 15.4 Å². The van der Waals surface area contributed by atoms with E-state index in [0.29, 0.717) is 23.1 Å². The zero-order valence-corrected chi connectivity index (χ0v) is 15.0. The lowest BCUT2D eigenvalue weighted by Gasteiger charge is -2.09. The van der Waals surface area contributed by atoms with Crippen LogP contribution in [0.15, 0.2) is 24.3 Å². The quantitative estimate of drug-likeness (QED) is 0.427. The number of carbonyl (C=O) groups excluding carboxylic acids is 2. The largest absolute Gasteiger partial charge is 0.447 e.